The number of carbonyl (C=O) groups is 4. The molecular weight excluding hydrogens is 914 g/mol. The number of primary amides is 2. The van der Waals surface area contributed by atoms with Gasteiger partial charge in [0.05, 0.1) is 33.6 Å². The number of nitriles is 1. The van der Waals surface area contributed by atoms with E-state index in [0.29, 0.717) is 61.9 Å². The molecule has 2 aromatic carbocycles. The van der Waals surface area contributed by atoms with Crippen LogP contribution in [0.3, 0.4) is 0 Å². The largest absolute Gasteiger partial charge is 1.00 e. The third kappa shape index (κ3) is 12.3. The SMILES string of the molecule is Cc1c(C(=O)C(N)=O)c2c(OCC(=N)N=NN)cccn2c1Cc1cccc(Cl)c1.N#CCBr.[C-]#[N+]COc1cccn2c(Cc3cccc(Cl)c3)c(C)c(C(=O)C(N)=O)c12.[H-].[Na+]. The minimum absolute atomic E-state index is 0. The number of ether oxygens (including phenoxy) is 2. The Hall–Kier alpha value is -6.05. The first-order valence-corrected chi connectivity index (χ1v) is 19.7. The van der Waals surface area contributed by atoms with Crippen molar-refractivity contribution in [3.05, 3.63) is 151 Å². The van der Waals surface area contributed by atoms with E-state index >= 15 is 0 Å². The van der Waals surface area contributed by atoms with Gasteiger partial charge < -0.3 is 37.0 Å². The summed E-state index contributed by atoms with van der Waals surface area (Å²) in [5.41, 5.74) is 16.4. The van der Waals surface area contributed by atoms with Crippen LogP contribution in [0.5, 0.6) is 11.5 Å². The fourth-order valence-electron chi connectivity index (χ4n) is 6.42. The number of carbonyl (C=O) groups excluding carboxylic acids is 4. The predicted octanol–water partition coefficient (Wildman–Crippen LogP) is 4.28. The fourth-order valence-corrected chi connectivity index (χ4v) is 6.84. The number of hydrogen-bond donors (Lipinski definition) is 4. The second kappa shape index (κ2) is 23.8. The van der Waals surface area contributed by atoms with Gasteiger partial charge in [0, 0.05) is 46.7 Å². The number of Topliss-reactive ketones (excluding diaryl/α,β-unsaturated/α-hetero) is 2. The summed E-state index contributed by atoms with van der Waals surface area (Å²) in [4.78, 5) is 51.6. The molecule has 0 aliphatic heterocycles. The summed E-state index contributed by atoms with van der Waals surface area (Å²) in [6, 6.07) is 23.4. The average Bonchev–Trinajstić information content (AvgIpc) is 3.68. The van der Waals surface area contributed by atoms with E-state index in [9.17, 15) is 19.2 Å². The van der Waals surface area contributed by atoms with Crippen molar-refractivity contribution in [1.29, 1.82) is 10.7 Å². The van der Waals surface area contributed by atoms with E-state index in [0.717, 1.165) is 22.5 Å². The zero-order valence-electron chi connectivity index (χ0n) is 34.6. The molecule has 0 spiro atoms. The number of ketones is 2. The molecule has 4 aromatic heterocycles. The number of nitrogens with zero attached hydrogens (tertiary/aromatic N) is 6. The monoisotopic (exact) mass is 950 g/mol. The van der Waals surface area contributed by atoms with Gasteiger partial charge in [-0.2, -0.15) is 5.26 Å². The molecule has 314 valence electrons. The Morgan fingerprint density at radius 1 is 0.839 bits per heavy atom. The van der Waals surface area contributed by atoms with Crippen LogP contribution in [-0.4, -0.2) is 56.7 Å². The Labute approximate surface area is 397 Å². The van der Waals surface area contributed by atoms with Crippen molar-refractivity contribution in [3.63, 3.8) is 0 Å². The molecule has 0 aliphatic carbocycles. The molecule has 0 radical (unpaired) electrons. The van der Waals surface area contributed by atoms with E-state index in [2.05, 4.69) is 31.1 Å². The van der Waals surface area contributed by atoms with Gasteiger partial charge in [0.15, 0.2) is 11.6 Å². The molecule has 6 rings (SSSR count). The van der Waals surface area contributed by atoms with Crippen molar-refractivity contribution in [1.82, 2.24) is 8.80 Å². The maximum absolute atomic E-state index is 12.6. The normalized spacial score (nSPS) is 10.3. The molecule has 0 bridgehead atoms. The molecular formula is C42H38BrCl2N10NaO6. The zero-order chi connectivity index (χ0) is 44.8. The van der Waals surface area contributed by atoms with Gasteiger partial charge in [0.1, 0.15) is 12.4 Å². The summed E-state index contributed by atoms with van der Waals surface area (Å²) in [5, 5.41) is 23.3. The van der Waals surface area contributed by atoms with Crippen LogP contribution in [0.1, 0.15) is 55.8 Å². The smallest absolute Gasteiger partial charge is 1.00 e. The second-order valence-electron chi connectivity index (χ2n) is 12.7. The number of hydrogen-bond acceptors (Lipinski definition) is 9. The summed E-state index contributed by atoms with van der Waals surface area (Å²) in [7, 11) is 0. The Morgan fingerprint density at radius 2 is 1.27 bits per heavy atom. The molecule has 0 saturated carbocycles. The molecule has 62 heavy (non-hydrogen) atoms. The third-order valence-corrected chi connectivity index (χ3v) is 9.62. The minimum atomic E-state index is -1.07. The predicted molar refractivity (Wildman–Crippen MR) is 235 cm³/mol. The standard InChI is InChI=1S/C20H19ClN6O3.C20H16ClN3O3.C2H2BrN.Na.H/c1-11-14(9-12-4-2-5-13(21)8-12)27-7-3-6-15(30-10-16(22)25-26-24)18(27)17(11)19(28)20(23)29;1-12-15(10-13-5-3-6-14(21)9-13)24-8-4-7-16(27-11-23-2)18(24)17(12)19(25)20(22)26;3-1-2-4;;/h2-8H,9-10H2,1H3,(H2,23,29)(H3,22,24,25);3-9H,10-11H2,1H3,(H2,22,26);1H2;;/q;;;+1;-1. The maximum Gasteiger partial charge on any atom is 1.00 e. The van der Waals surface area contributed by atoms with E-state index in [4.69, 9.17) is 67.2 Å². The van der Waals surface area contributed by atoms with Gasteiger partial charge in [-0.15, -0.1) is 5.11 Å². The molecule has 4 heterocycles. The summed E-state index contributed by atoms with van der Waals surface area (Å²) < 4.78 is 14.7. The van der Waals surface area contributed by atoms with Crippen molar-refractivity contribution in [3.8, 4) is 17.6 Å². The summed E-state index contributed by atoms with van der Waals surface area (Å²) in [6.45, 7) is 10.0. The first-order chi connectivity index (χ1) is 29.2. The van der Waals surface area contributed by atoms with Crippen molar-refractivity contribution < 1.29 is 59.6 Å². The second-order valence-corrected chi connectivity index (χ2v) is 14.2. The van der Waals surface area contributed by atoms with Crippen LogP contribution < -0.4 is 56.3 Å². The Kier molecular flexibility index (Phi) is 19.3. The number of rotatable bonds is 13. The van der Waals surface area contributed by atoms with Gasteiger partial charge in [-0.05, 0) is 84.6 Å². The molecule has 16 nitrogen and oxygen atoms in total. The van der Waals surface area contributed by atoms with E-state index < -0.39 is 23.4 Å². The van der Waals surface area contributed by atoms with Crippen LogP contribution in [0.4, 0.5) is 0 Å². The molecule has 0 fully saturated rings. The van der Waals surface area contributed by atoms with Crippen LogP contribution in [0.2, 0.25) is 10.0 Å². The van der Waals surface area contributed by atoms with Gasteiger partial charge in [-0.3, -0.25) is 29.4 Å². The van der Waals surface area contributed by atoms with Crippen molar-refractivity contribution in [2.75, 3.05) is 18.7 Å². The number of halogens is 3. The molecule has 0 aliphatic rings. The van der Waals surface area contributed by atoms with E-state index in [1.54, 1.807) is 71.4 Å². The summed E-state index contributed by atoms with van der Waals surface area (Å²) in [6.07, 6.45) is 4.49. The summed E-state index contributed by atoms with van der Waals surface area (Å²) >= 11 is 15.1. The number of benzene rings is 2. The van der Waals surface area contributed by atoms with Crippen molar-refractivity contribution >= 4 is 79.4 Å². The van der Waals surface area contributed by atoms with Gasteiger partial charge in [-0.1, -0.05) is 68.6 Å². The Bertz CT molecular complexity index is 2780. The molecule has 6 aromatic rings. The maximum atomic E-state index is 12.6. The number of amidine groups is 1. The Morgan fingerprint density at radius 3 is 1.65 bits per heavy atom. The van der Waals surface area contributed by atoms with Crippen LogP contribution >= 0.6 is 39.1 Å². The zero-order valence-corrected chi connectivity index (χ0v) is 38.7. The van der Waals surface area contributed by atoms with Crippen LogP contribution in [0.25, 0.3) is 15.9 Å². The van der Waals surface area contributed by atoms with E-state index in [-0.39, 0.29) is 61.3 Å². The molecule has 0 unspecified atom stereocenters. The van der Waals surface area contributed by atoms with Crippen molar-refractivity contribution in [2.24, 2.45) is 27.6 Å². The average molecular weight is 953 g/mol. The third-order valence-electron chi connectivity index (χ3n) is 8.90. The number of nitrogens with two attached hydrogens (primary N) is 3. The van der Waals surface area contributed by atoms with E-state index in [1.807, 2.05) is 42.5 Å². The van der Waals surface area contributed by atoms with Crippen molar-refractivity contribution in [2.45, 2.75) is 26.7 Å². The van der Waals surface area contributed by atoms with Gasteiger partial charge in [-0.25, -0.2) is 6.57 Å². The van der Waals surface area contributed by atoms with Crippen LogP contribution in [0, 0.1) is 37.2 Å². The number of pyridine rings is 2. The van der Waals surface area contributed by atoms with E-state index in [1.165, 1.54) is 0 Å². The number of alkyl halides is 1. The number of aromatic nitrogens is 2. The first-order valence-electron chi connectivity index (χ1n) is 17.8. The molecule has 0 saturated heterocycles. The van der Waals surface area contributed by atoms with Crippen LogP contribution in [-0.2, 0) is 22.4 Å². The quantitative estimate of drug-likeness (QED) is 0.0124. The van der Waals surface area contributed by atoms with Gasteiger partial charge >= 0.3 is 36.3 Å². The summed E-state index contributed by atoms with van der Waals surface area (Å²) in [5.74, 6) is 1.65. The molecule has 0 atom stereocenters. The Balaban J connectivity index is 0.000000390. The fraction of sp³-hybridized carbons (Fsp3) is 0.167. The molecule has 2 amide bonds. The first kappa shape index (κ1) is 50.3. The van der Waals surface area contributed by atoms with Gasteiger partial charge in [0.25, 0.3) is 23.4 Å². The number of amides is 2. The topological polar surface area (TPSA) is 250 Å². The number of nitrogens with one attached hydrogen (secondary N) is 1. The van der Waals surface area contributed by atoms with Gasteiger partial charge in [0.2, 0.25) is 0 Å². The molecule has 7 N–H and O–H groups in total. The number of fused-ring (bicyclic) bond motifs is 2. The molecule has 20 heteroatoms. The minimum Gasteiger partial charge on any atom is -1.00 e. The van der Waals surface area contributed by atoms with Crippen LogP contribution in [0.15, 0.2) is 95.5 Å².